The molecule has 0 fully saturated rings. The maximum absolute atomic E-state index is 13.6. The number of non-ortho nitro benzene ring substituents is 1. The summed E-state index contributed by atoms with van der Waals surface area (Å²) in [5, 5.41) is 11.1. The van der Waals surface area contributed by atoms with Crippen LogP contribution in [0.4, 0.5) is 5.69 Å². The van der Waals surface area contributed by atoms with Gasteiger partial charge in [-0.3, -0.25) is 19.7 Å². The van der Waals surface area contributed by atoms with Gasteiger partial charge in [0, 0.05) is 34.4 Å². The molecule has 0 saturated heterocycles. The lowest BCUT2D eigenvalue weighted by Crippen LogP contribution is -2.08. The van der Waals surface area contributed by atoms with Gasteiger partial charge < -0.3 is 9.47 Å². The highest BCUT2D eigenvalue weighted by Crippen LogP contribution is 2.29. The van der Waals surface area contributed by atoms with Crippen molar-refractivity contribution in [3.63, 3.8) is 0 Å². The summed E-state index contributed by atoms with van der Waals surface area (Å²) < 4.78 is 9.17. The maximum atomic E-state index is 13.6. The molecule has 0 radical (unpaired) electrons. The van der Waals surface area contributed by atoms with E-state index in [9.17, 15) is 38.9 Å². The summed E-state index contributed by atoms with van der Waals surface area (Å²) in [6.45, 7) is 0. The van der Waals surface area contributed by atoms with E-state index >= 15 is 0 Å². The summed E-state index contributed by atoms with van der Waals surface area (Å²) in [7, 11) is 0. The highest BCUT2D eigenvalue weighted by Gasteiger charge is 2.32. The van der Waals surface area contributed by atoms with E-state index in [-0.39, 0.29) is 50.2 Å². The molecule has 41 heavy (non-hydrogen) atoms. The number of carbonyl (C=O) groups excluding carboxylic acids is 6. The first-order valence-corrected chi connectivity index (χ1v) is 11.9. The Hall–Kier alpha value is -6.10. The number of cyclic esters (lactones) is 4. The molecule has 0 aliphatic carbocycles. The van der Waals surface area contributed by atoms with E-state index in [1.54, 1.807) is 0 Å². The molecule has 198 valence electrons. The van der Waals surface area contributed by atoms with Gasteiger partial charge in [0.15, 0.2) is 11.6 Å². The largest absolute Gasteiger partial charge is 0.386 e. The monoisotopic (exact) mass is 547 g/mol. The van der Waals surface area contributed by atoms with Crippen LogP contribution in [0.1, 0.15) is 73.3 Å². The van der Waals surface area contributed by atoms with E-state index in [2.05, 4.69) is 9.47 Å². The van der Waals surface area contributed by atoms with Crippen molar-refractivity contribution in [2.75, 3.05) is 0 Å². The van der Waals surface area contributed by atoms with Gasteiger partial charge in [-0.2, -0.15) is 0 Å². The van der Waals surface area contributed by atoms with E-state index in [0.29, 0.717) is 11.1 Å². The van der Waals surface area contributed by atoms with Crippen molar-refractivity contribution in [2.45, 2.75) is 0 Å². The zero-order chi connectivity index (χ0) is 29.0. The number of rotatable bonds is 6. The van der Waals surface area contributed by atoms with Gasteiger partial charge in [0.2, 0.25) is 0 Å². The van der Waals surface area contributed by atoms with Gasteiger partial charge in [0.1, 0.15) is 0 Å². The van der Waals surface area contributed by atoms with Crippen LogP contribution in [0, 0.1) is 10.1 Å². The number of nitrogens with zero attached hydrogens (tertiary/aromatic N) is 1. The second-order valence-corrected chi connectivity index (χ2v) is 9.14. The van der Waals surface area contributed by atoms with Crippen LogP contribution in [-0.4, -0.2) is 40.4 Å². The standard InChI is InChI=1S/C30H13NO10/c32-25(15-3-7-21-23(12-15)29(36)40-27(21)34)18-9-17(14-1-5-20(6-2-14)31(38)39)10-19(11-18)26(33)16-4-8-22-24(13-16)30(37)41-28(22)35/h1-13H. The van der Waals surface area contributed by atoms with Crippen molar-refractivity contribution < 1.29 is 43.2 Å². The fourth-order valence-corrected chi connectivity index (χ4v) is 4.62. The first-order valence-electron chi connectivity index (χ1n) is 11.9. The Morgan fingerprint density at radius 3 is 1.39 bits per heavy atom. The normalized spacial score (nSPS) is 13.4. The molecule has 0 bridgehead atoms. The van der Waals surface area contributed by atoms with Crippen molar-refractivity contribution in [3.05, 3.63) is 133 Å². The third-order valence-corrected chi connectivity index (χ3v) is 6.68. The van der Waals surface area contributed by atoms with Crippen LogP contribution in [-0.2, 0) is 9.47 Å². The molecule has 0 unspecified atom stereocenters. The van der Waals surface area contributed by atoms with Gasteiger partial charge in [0.25, 0.3) is 5.69 Å². The molecule has 0 saturated carbocycles. The minimum absolute atomic E-state index is 0.0238. The molecule has 6 rings (SSSR count). The van der Waals surface area contributed by atoms with E-state index in [1.807, 2.05) is 0 Å². The van der Waals surface area contributed by atoms with Crippen LogP contribution >= 0.6 is 0 Å². The van der Waals surface area contributed by atoms with Crippen LogP contribution in [0.15, 0.2) is 78.9 Å². The molecular weight excluding hydrogens is 534 g/mol. The smallest absolute Gasteiger partial charge is 0.346 e. The lowest BCUT2D eigenvalue weighted by atomic mass is 9.91. The molecule has 4 aromatic carbocycles. The third-order valence-electron chi connectivity index (χ3n) is 6.68. The molecule has 0 spiro atoms. The number of ketones is 2. The summed E-state index contributed by atoms with van der Waals surface area (Å²) >= 11 is 0. The highest BCUT2D eigenvalue weighted by molar-refractivity contribution is 6.19. The Kier molecular flexibility index (Phi) is 5.70. The lowest BCUT2D eigenvalue weighted by Gasteiger charge is -2.11. The van der Waals surface area contributed by atoms with Crippen molar-refractivity contribution in [1.82, 2.24) is 0 Å². The summed E-state index contributed by atoms with van der Waals surface area (Å²) in [5.41, 5.74) is 0.775. The SMILES string of the molecule is O=C(c1cc(C(=O)c2ccc3c(c2)C(=O)OC3=O)cc(-c2ccc([N+](=O)[O-])cc2)c1)c1ccc2c(c1)C(=O)OC2=O. The predicted octanol–water partition coefficient (Wildman–Crippen LogP) is 4.35. The van der Waals surface area contributed by atoms with Crippen LogP contribution in [0.5, 0.6) is 0 Å². The minimum atomic E-state index is -0.885. The van der Waals surface area contributed by atoms with E-state index < -0.39 is 40.4 Å². The first kappa shape index (κ1) is 25.2. The second-order valence-electron chi connectivity index (χ2n) is 9.14. The number of fused-ring (bicyclic) bond motifs is 2. The van der Waals surface area contributed by atoms with Crippen molar-refractivity contribution in [1.29, 1.82) is 0 Å². The number of nitro benzene ring substituents is 1. The number of hydrogen-bond donors (Lipinski definition) is 0. The first-order chi connectivity index (χ1) is 19.6. The fourth-order valence-electron chi connectivity index (χ4n) is 4.62. The molecular formula is C30H13NO10. The third kappa shape index (κ3) is 4.27. The number of hydrogen-bond acceptors (Lipinski definition) is 10. The summed E-state index contributed by atoms with van der Waals surface area (Å²) in [6, 6.07) is 17.5. The second kappa shape index (κ2) is 9.27. The molecule has 0 amide bonds. The molecule has 4 aromatic rings. The van der Waals surface area contributed by atoms with Gasteiger partial charge in [-0.1, -0.05) is 12.1 Å². The van der Waals surface area contributed by atoms with Gasteiger partial charge in [-0.15, -0.1) is 0 Å². The Morgan fingerprint density at radius 2 is 0.951 bits per heavy atom. The highest BCUT2D eigenvalue weighted by atomic mass is 16.6. The molecule has 2 aliphatic heterocycles. The number of nitro groups is 1. The molecule has 11 nitrogen and oxygen atoms in total. The van der Waals surface area contributed by atoms with Crippen molar-refractivity contribution in [2.24, 2.45) is 0 Å². The summed E-state index contributed by atoms with van der Waals surface area (Å²) in [4.78, 5) is 85.3. The van der Waals surface area contributed by atoms with Gasteiger partial charge in [-0.05, 0) is 65.7 Å². The Balaban J connectivity index is 1.46. The van der Waals surface area contributed by atoms with Gasteiger partial charge in [0.05, 0.1) is 27.2 Å². The number of esters is 4. The zero-order valence-corrected chi connectivity index (χ0v) is 20.5. The fraction of sp³-hybridized carbons (Fsp3) is 0. The number of carbonyl (C=O) groups is 6. The van der Waals surface area contributed by atoms with Gasteiger partial charge >= 0.3 is 23.9 Å². The summed E-state index contributed by atoms with van der Waals surface area (Å²) in [5.74, 6) is -4.58. The molecule has 0 aromatic heterocycles. The summed E-state index contributed by atoms with van der Waals surface area (Å²) in [6.07, 6.45) is 0. The van der Waals surface area contributed by atoms with E-state index in [1.165, 1.54) is 78.9 Å². The van der Waals surface area contributed by atoms with E-state index in [4.69, 9.17) is 0 Å². The predicted molar refractivity (Wildman–Crippen MR) is 138 cm³/mol. The van der Waals surface area contributed by atoms with Crippen LogP contribution in [0.2, 0.25) is 0 Å². The number of benzene rings is 4. The molecule has 2 heterocycles. The average molecular weight is 547 g/mol. The Morgan fingerprint density at radius 1 is 0.512 bits per heavy atom. The molecule has 0 N–H and O–H groups in total. The quantitative estimate of drug-likeness (QED) is 0.111. The van der Waals surface area contributed by atoms with Gasteiger partial charge in [-0.25, -0.2) is 19.2 Å². The Bertz CT molecular complexity index is 1810. The average Bonchev–Trinajstić information content (AvgIpc) is 3.44. The topological polar surface area (TPSA) is 164 Å². The van der Waals surface area contributed by atoms with Crippen LogP contribution in [0.25, 0.3) is 11.1 Å². The molecule has 11 heteroatoms. The van der Waals surface area contributed by atoms with Crippen molar-refractivity contribution >= 4 is 41.1 Å². The number of ether oxygens (including phenoxy) is 2. The van der Waals surface area contributed by atoms with Crippen LogP contribution < -0.4 is 0 Å². The van der Waals surface area contributed by atoms with E-state index in [0.717, 1.165) is 0 Å². The lowest BCUT2D eigenvalue weighted by molar-refractivity contribution is -0.384. The van der Waals surface area contributed by atoms with Crippen molar-refractivity contribution in [3.8, 4) is 11.1 Å². The zero-order valence-electron chi connectivity index (χ0n) is 20.5. The minimum Gasteiger partial charge on any atom is -0.386 e. The molecule has 0 atom stereocenters. The van der Waals surface area contributed by atoms with Crippen LogP contribution in [0.3, 0.4) is 0 Å². The maximum Gasteiger partial charge on any atom is 0.346 e. The molecule has 2 aliphatic rings. The Labute approximate surface area is 229 Å².